The number of amides is 1. The van der Waals surface area contributed by atoms with Crippen LogP contribution in [0.1, 0.15) is 34.8 Å². The summed E-state index contributed by atoms with van der Waals surface area (Å²) >= 11 is 0. The number of hydrogen-bond acceptors (Lipinski definition) is 3. The molecule has 1 aliphatic rings. The Hall–Kier alpha value is -2.89. The van der Waals surface area contributed by atoms with E-state index in [0.717, 1.165) is 36.1 Å². The molecule has 2 N–H and O–H groups in total. The summed E-state index contributed by atoms with van der Waals surface area (Å²) in [7, 11) is 1.85. The zero-order valence-corrected chi connectivity index (χ0v) is 14.6. The molecule has 0 saturated carbocycles. The van der Waals surface area contributed by atoms with E-state index in [1.807, 2.05) is 24.1 Å². The largest absolute Gasteiger partial charge is 0.373 e. The molecule has 134 valence electrons. The van der Waals surface area contributed by atoms with Gasteiger partial charge < -0.3 is 15.2 Å². The summed E-state index contributed by atoms with van der Waals surface area (Å²) in [5.74, 6) is 0.800. The summed E-state index contributed by atoms with van der Waals surface area (Å²) in [6.07, 6.45) is 3.81. The van der Waals surface area contributed by atoms with Gasteiger partial charge in [-0.2, -0.15) is 0 Å². The fraction of sp³-hybridized carbons (Fsp3) is 0.300. The van der Waals surface area contributed by atoms with E-state index in [9.17, 15) is 9.18 Å². The van der Waals surface area contributed by atoms with Gasteiger partial charge in [-0.25, -0.2) is 9.37 Å². The number of rotatable bonds is 3. The highest BCUT2D eigenvalue weighted by atomic mass is 19.1. The maximum absolute atomic E-state index is 13.4. The number of pyridine rings is 1. The van der Waals surface area contributed by atoms with Crippen LogP contribution in [-0.2, 0) is 0 Å². The predicted molar refractivity (Wildman–Crippen MR) is 99.9 cm³/mol. The van der Waals surface area contributed by atoms with Crippen molar-refractivity contribution in [2.75, 3.05) is 25.5 Å². The van der Waals surface area contributed by atoms with Crippen LogP contribution in [0.4, 0.5) is 10.2 Å². The number of nitrogens with one attached hydrogen (secondary N) is 2. The van der Waals surface area contributed by atoms with E-state index in [1.165, 1.54) is 17.7 Å². The second-order valence-electron chi connectivity index (χ2n) is 6.73. The molecule has 1 amide bonds. The zero-order chi connectivity index (χ0) is 18.1. The highest BCUT2D eigenvalue weighted by Crippen LogP contribution is 2.29. The first-order valence-electron chi connectivity index (χ1n) is 8.85. The predicted octanol–water partition coefficient (Wildman–Crippen LogP) is 3.76. The van der Waals surface area contributed by atoms with Crippen molar-refractivity contribution in [3.05, 3.63) is 59.7 Å². The monoisotopic (exact) mass is 352 g/mol. The van der Waals surface area contributed by atoms with Crippen LogP contribution in [0.5, 0.6) is 0 Å². The van der Waals surface area contributed by atoms with Crippen molar-refractivity contribution in [2.45, 2.75) is 18.8 Å². The van der Waals surface area contributed by atoms with Crippen molar-refractivity contribution in [1.29, 1.82) is 0 Å². The number of piperidine rings is 1. The fourth-order valence-electron chi connectivity index (χ4n) is 3.66. The van der Waals surface area contributed by atoms with Crippen molar-refractivity contribution >= 4 is 22.6 Å². The van der Waals surface area contributed by atoms with E-state index in [1.54, 1.807) is 18.3 Å². The van der Waals surface area contributed by atoms with Gasteiger partial charge in [-0.1, -0.05) is 0 Å². The molecule has 5 nitrogen and oxygen atoms in total. The Bertz CT molecular complexity index is 952. The first-order valence-corrected chi connectivity index (χ1v) is 8.85. The minimum Gasteiger partial charge on any atom is -0.373 e. The summed E-state index contributed by atoms with van der Waals surface area (Å²) in [4.78, 5) is 22.2. The van der Waals surface area contributed by atoms with Crippen LogP contribution in [0.3, 0.4) is 0 Å². The van der Waals surface area contributed by atoms with Crippen LogP contribution in [0.15, 0.2) is 42.6 Å². The number of H-pyrrole nitrogens is 1. The first-order chi connectivity index (χ1) is 12.6. The first kappa shape index (κ1) is 16.6. The minimum absolute atomic E-state index is 0.0331. The Balaban J connectivity index is 1.55. The van der Waals surface area contributed by atoms with Gasteiger partial charge in [0.2, 0.25) is 0 Å². The molecule has 0 radical (unpaired) electrons. The smallest absolute Gasteiger partial charge is 0.270 e. The maximum Gasteiger partial charge on any atom is 0.270 e. The van der Waals surface area contributed by atoms with Crippen molar-refractivity contribution in [3.63, 3.8) is 0 Å². The molecule has 4 rings (SSSR count). The van der Waals surface area contributed by atoms with E-state index in [4.69, 9.17) is 0 Å². The lowest BCUT2D eigenvalue weighted by molar-refractivity contribution is 0.0702. The van der Waals surface area contributed by atoms with Crippen LogP contribution >= 0.6 is 0 Å². The van der Waals surface area contributed by atoms with Gasteiger partial charge in [0, 0.05) is 43.2 Å². The van der Waals surface area contributed by atoms with Crippen LogP contribution in [0.25, 0.3) is 10.9 Å². The number of anilines is 1. The van der Waals surface area contributed by atoms with Crippen molar-refractivity contribution < 1.29 is 9.18 Å². The van der Waals surface area contributed by atoms with Gasteiger partial charge in [0.25, 0.3) is 5.91 Å². The third kappa shape index (κ3) is 3.14. The maximum atomic E-state index is 13.4. The molecule has 3 aromatic rings. The highest BCUT2D eigenvalue weighted by Gasteiger charge is 2.26. The molecular weight excluding hydrogens is 331 g/mol. The summed E-state index contributed by atoms with van der Waals surface area (Å²) in [5, 5.41) is 3.78. The Morgan fingerprint density at radius 3 is 3.04 bits per heavy atom. The van der Waals surface area contributed by atoms with Crippen LogP contribution in [-0.4, -0.2) is 40.9 Å². The molecule has 1 aromatic carbocycles. The normalized spacial score (nSPS) is 17.5. The Morgan fingerprint density at radius 2 is 2.19 bits per heavy atom. The fourth-order valence-corrected chi connectivity index (χ4v) is 3.66. The molecule has 2 aromatic heterocycles. The summed E-state index contributed by atoms with van der Waals surface area (Å²) in [6, 6.07) is 10.3. The van der Waals surface area contributed by atoms with Gasteiger partial charge in [-0.15, -0.1) is 0 Å². The molecule has 0 bridgehead atoms. The van der Waals surface area contributed by atoms with Gasteiger partial charge in [0.1, 0.15) is 17.3 Å². The molecule has 6 heteroatoms. The molecule has 26 heavy (non-hydrogen) atoms. The van der Waals surface area contributed by atoms with E-state index in [2.05, 4.69) is 15.3 Å². The number of aromatic amines is 1. The molecule has 1 aliphatic heterocycles. The Labute approximate surface area is 151 Å². The zero-order valence-electron chi connectivity index (χ0n) is 14.6. The summed E-state index contributed by atoms with van der Waals surface area (Å²) in [5.41, 5.74) is 2.48. The van der Waals surface area contributed by atoms with E-state index < -0.39 is 0 Å². The number of aromatic nitrogens is 2. The molecule has 1 saturated heterocycles. The van der Waals surface area contributed by atoms with Crippen molar-refractivity contribution in [1.82, 2.24) is 14.9 Å². The minimum atomic E-state index is -0.299. The number of nitrogens with zero attached hydrogens (tertiary/aromatic N) is 2. The molecular formula is C20H21FN4O. The second-order valence-corrected chi connectivity index (χ2v) is 6.73. The standard InChI is InChI=1S/C20H21FN4O/c1-22-19-11-13(6-7-23-19)14-3-2-8-25(12-14)20(26)18-10-15-9-16(21)4-5-17(15)24-18/h4-7,9-11,14,24H,2-3,8,12H2,1H3,(H,22,23). The highest BCUT2D eigenvalue weighted by molar-refractivity contribution is 5.98. The molecule has 3 heterocycles. The van der Waals surface area contributed by atoms with Gasteiger partial charge in [0.05, 0.1) is 0 Å². The van der Waals surface area contributed by atoms with Gasteiger partial charge in [0.15, 0.2) is 0 Å². The number of carbonyl (C=O) groups excluding carboxylic acids is 1. The number of benzene rings is 1. The number of likely N-dealkylation sites (tertiary alicyclic amines) is 1. The quantitative estimate of drug-likeness (QED) is 0.754. The summed E-state index contributed by atoms with van der Waals surface area (Å²) in [6.45, 7) is 1.42. The second kappa shape index (κ2) is 6.78. The molecule has 0 spiro atoms. The van der Waals surface area contributed by atoms with Crippen LogP contribution < -0.4 is 5.32 Å². The number of halogens is 1. The average molecular weight is 352 g/mol. The molecule has 1 atom stereocenters. The molecule has 0 aliphatic carbocycles. The van der Waals surface area contributed by atoms with E-state index in [0.29, 0.717) is 18.2 Å². The van der Waals surface area contributed by atoms with Gasteiger partial charge in [-0.05, 0) is 54.8 Å². The lowest BCUT2D eigenvalue weighted by atomic mass is 9.91. The van der Waals surface area contributed by atoms with Crippen molar-refractivity contribution in [3.8, 4) is 0 Å². The Morgan fingerprint density at radius 1 is 1.31 bits per heavy atom. The lowest BCUT2D eigenvalue weighted by Crippen LogP contribution is -2.39. The SMILES string of the molecule is CNc1cc(C2CCCN(C(=O)c3cc4cc(F)ccc4[nH]3)C2)ccn1. The van der Waals surface area contributed by atoms with Crippen LogP contribution in [0.2, 0.25) is 0 Å². The van der Waals surface area contributed by atoms with Gasteiger partial charge >= 0.3 is 0 Å². The molecule has 1 unspecified atom stereocenters. The molecule has 1 fully saturated rings. The number of carbonyl (C=O) groups is 1. The van der Waals surface area contributed by atoms with Gasteiger partial charge in [-0.3, -0.25) is 4.79 Å². The Kier molecular flexibility index (Phi) is 4.32. The van der Waals surface area contributed by atoms with Crippen molar-refractivity contribution in [2.24, 2.45) is 0 Å². The lowest BCUT2D eigenvalue weighted by Gasteiger charge is -2.33. The van der Waals surface area contributed by atoms with Crippen LogP contribution in [0, 0.1) is 5.82 Å². The summed E-state index contributed by atoms with van der Waals surface area (Å²) < 4.78 is 13.4. The topological polar surface area (TPSA) is 61.0 Å². The van der Waals surface area contributed by atoms with E-state index >= 15 is 0 Å². The average Bonchev–Trinajstić information content (AvgIpc) is 3.10. The third-order valence-electron chi connectivity index (χ3n) is 5.03. The van der Waals surface area contributed by atoms with E-state index in [-0.39, 0.29) is 11.7 Å². The number of fused-ring (bicyclic) bond motifs is 1. The third-order valence-corrected chi connectivity index (χ3v) is 5.03. The number of hydrogen-bond donors (Lipinski definition) is 2.